The van der Waals surface area contributed by atoms with E-state index >= 15 is 0 Å². The van der Waals surface area contributed by atoms with Gasteiger partial charge in [0, 0.05) is 6.07 Å². The Hall–Kier alpha value is -4.19. The van der Waals surface area contributed by atoms with Crippen molar-refractivity contribution in [3.8, 4) is 5.75 Å². The van der Waals surface area contributed by atoms with Crippen molar-refractivity contribution in [3.05, 3.63) is 129 Å². The first-order chi connectivity index (χ1) is 17.0. The number of benzene rings is 3. The van der Waals surface area contributed by atoms with Gasteiger partial charge in [-0.3, -0.25) is 4.79 Å². The van der Waals surface area contributed by atoms with E-state index in [0.29, 0.717) is 12.2 Å². The molecule has 1 atom stereocenters. The van der Waals surface area contributed by atoms with E-state index in [9.17, 15) is 9.59 Å². The van der Waals surface area contributed by atoms with Crippen molar-refractivity contribution in [2.75, 3.05) is 0 Å². The van der Waals surface area contributed by atoms with Crippen LogP contribution in [0.2, 0.25) is 0 Å². The predicted molar refractivity (Wildman–Crippen MR) is 135 cm³/mol. The van der Waals surface area contributed by atoms with Gasteiger partial charge in [0.25, 0.3) is 5.56 Å². The van der Waals surface area contributed by atoms with Gasteiger partial charge >= 0.3 is 5.97 Å². The molecule has 6 heteroatoms. The highest BCUT2D eigenvalue weighted by Crippen LogP contribution is 2.32. The van der Waals surface area contributed by atoms with Gasteiger partial charge in [0.15, 0.2) is 6.10 Å². The van der Waals surface area contributed by atoms with Crippen molar-refractivity contribution >= 4 is 5.97 Å². The maximum absolute atomic E-state index is 12.2. The van der Waals surface area contributed by atoms with E-state index in [2.05, 4.69) is 34.5 Å². The topological polar surface area (TPSA) is 92.3 Å². The van der Waals surface area contributed by atoms with Crippen LogP contribution < -0.4 is 10.3 Å². The third-order valence-electron chi connectivity index (χ3n) is 5.93. The average molecular weight is 469 g/mol. The van der Waals surface area contributed by atoms with Crippen LogP contribution in [0.15, 0.2) is 95.8 Å². The minimum atomic E-state index is -1.00. The highest BCUT2D eigenvalue weighted by atomic mass is 16.5. The smallest absolute Gasteiger partial charge is 0.344 e. The molecule has 2 N–H and O–H groups in total. The molecule has 0 spiro atoms. The van der Waals surface area contributed by atoms with Crippen molar-refractivity contribution in [3.63, 3.8) is 0 Å². The number of ether oxygens (including phenoxy) is 1. The number of H-pyrrole nitrogens is 1. The highest BCUT2D eigenvalue weighted by Gasteiger charge is 2.22. The molecule has 1 heterocycles. The molecule has 0 radical (unpaired) electrons. The van der Waals surface area contributed by atoms with Crippen LogP contribution in [-0.2, 0) is 17.6 Å². The third kappa shape index (κ3) is 6.23. The number of rotatable bonds is 10. The molecule has 4 rings (SSSR count). The highest BCUT2D eigenvalue weighted by molar-refractivity contribution is 5.72. The summed E-state index contributed by atoms with van der Waals surface area (Å²) in [5.74, 6) is -0.571. The lowest BCUT2D eigenvalue weighted by molar-refractivity contribution is -0.144. The normalized spacial score (nSPS) is 11.8. The Bertz CT molecular complexity index is 1280. The van der Waals surface area contributed by atoms with Crippen molar-refractivity contribution in [1.82, 2.24) is 10.2 Å². The number of aryl methyl sites for hydroxylation is 2. The summed E-state index contributed by atoms with van der Waals surface area (Å²) in [6, 6.07) is 29.5. The summed E-state index contributed by atoms with van der Waals surface area (Å²) >= 11 is 0. The molecule has 1 aromatic heterocycles. The molecule has 178 valence electrons. The minimum absolute atomic E-state index is 0.0986. The van der Waals surface area contributed by atoms with Gasteiger partial charge in [0.05, 0.1) is 11.6 Å². The first kappa shape index (κ1) is 24.0. The summed E-state index contributed by atoms with van der Waals surface area (Å²) in [5, 5.41) is 16.2. The fourth-order valence-electron chi connectivity index (χ4n) is 4.21. The maximum atomic E-state index is 12.2. The van der Waals surface area contributed by atoms with E-state index < -0.39 is 12.1 Å². The number of carboxylic acid groups (broad SMARTS) is 1. The largest absolute Gasteiger partial charge is 0.479 e. The summed E-state index contributed by atoms with van der Waals surface area (Å²) < 4.78 is 5.49. The SMILES string of the molecule is C[C@H](Oc1cccc(CCCc2cc(=O)[nH]nc2C(c2ccccc2)c2ccccc2)c1)C(=O)O. The molecule has 3 aromatic carbocycles. The zero-order chi connectivity index (χ0) is 24.6. The number of aromatic nitrogens is 2. The Morgan fingerprint density at radius 1 is 0.914 bits per heavy atom. The molecule has 0 saturated carbocycles. The maximum Gasteiger partial charge on any atom is 0.344 e. The van der Waals surface area contributed by atoms with Crippen molar-refractivity contribution in [1.29, 1.82) is 0 Å². The molecule has 0 aliphatic rings. The van der Waals surface area contributed by atoms with Gasteiger partial charge in [0.2, 0.25) is 0 Å². The predicted octanol–water partition coefficient (Wildman–Crippen LogP) is 4.98. The van der Waals surface area contributed by atoms with Crippen molar-refractivity contribution in [2.45, 2.75) is 38.2 Å². The molecule has 0 fully saturated rings. The average Bonchev–Trinajstić information content (AvgIpc) is 2.87. The molecule has 0 bridgehead atoms. The van der Waals surface area contributed by atoms with E-state index in [1.807, 2.05) is 54.6 Å². The summed E-state index contributed by atoms with van der Waals surface area (Å²) in [6.45, 7) is 1.51. The van der Waals surface area contributed by atoms with Crippen LogP contribution in [0.3, 0.4) is 0 Å². The summed E-state index contributed by atoms with van der Waals surface area (Å²) in [5.41, 5.74) is 4.80. The fourth-order valence-corrected chi connectivity index (χ4v) is 4.21. The second-order valence-corrected chi connectivity index (χ2v) is 8.50. The molecule has 35 heavy (non-hydrogen) atoms. The van der Waals surface area contributed by atoms with Crippen molar-refractivity contribution < 1.29 is 14.6 Å². The number of aromatic amines is 1. The molecular weight excluding hydrogens is 440 g/mol. The Balaban J connectivity index is 1.56. The Labute approximate surface area is 204 Å². The number of nitrogens with one attached hydrogen (secondary N) is 1. The van der Waals surface area contributed by atoms with E-state index in [0.717, 1.165) is 40.8 Å². The standard InChI is InChI=1S/C29H28N2O4/c1-20(29(33)34)35-25-17-9-11-21(18-25)10-8-16-24-19-26(32)30-31-28(24)27(22-12-4-2-5-13-22)23-14-6-3-7-15-23/h2-7,9,11-15,17-20,27H,8,10,16H2,1H3,(H,30,32)(H,33,34)/t20-/m0/s1. The van der Waals surface area contributed by atoms with Gasteiger partial charge in [0.1, 0.15) is 5.75 Å². The number of hydrogen-bond acceptors (Lipinski definition) is 4. The van der Waals surface area contributed by atoms with E-state index in [1.54, 1.807) is 12.1 Å². The van der Waals surface area contributed by atoms with E-state index in [-0.39, 0.29) is 11.5 Å². The molecule has 0 aliphatic carbocycles. The number of carboxylic acids is 1. The van der Waals surface area contributed by atoms with E-state index in [1.165, 1.54) is 6.92 Å². The number of aliphatic carboxylic acids is 1. The van der Waals surface area contributed by atoms with Gasteiger partial charge in [-0.25, -0.2) is 9.89 Å². The summed E-state index contributed by atoms with van der Waals surface area (Å²) in [7, 11) is 0. The lowest BCUT2D eigenvalue weighted by atomic mass is 9.85. The summed E-state index contributed by atoms with van der Waals surface area (Å²) in [6.07, 6.45) is 1.32. The number of nitrogens with zero attached hydrogens (tertiary/aromatic N) is 1. The first-order valence-corrected chi connectivity index (χ1v) is 11.7. The van der Waals surface area contributed by atoms with Gasteiger partial charge < -0.3 is 9.84 Å². The van der Waals surface area contributed by atoms with Crippen LogP contribution in [0.25, 0.3) is 0 Å². The molecule has 0 saturated heterocycles. The van der Waals surface area contributed by atoms with Gasteiger partial charge in [-0.05, 0) is 60.6 Å². The molecular formula is C29H28N2O4. The number of carbonyl (C=O) groups is 1. The second kappa shape index (κ2) is 11.3. The number of hydrogen-bond donors (Lipinski definition) is 2. The van der Waals surface area contributed by atoms with Crippen LogP contribution in [0.4, 0.5) is 0 Å². The van der Waals surface area contributed by atoms with Crippen LogP contribution in [0.5, 0.6) is 5.75 Å². The Morgan fingerprint density at radius 3 is 2.20 bits per heavy atom. The van der Waals surface area contributed by atoms with Gasteiger partial charge in [-0.1, -0.05) is 72.8 Å². The molecule has 4 aromatic rings. The van der Waals surface area contributed by atoms with Gasteiger partial charge in [-0.2, -0.15) is 5.10 Å². The Morgan fingerprint density at radius 2 is 1.57 bits per heavy atom. The van der Waals surface area contributed by atoms with E-state index in [4.69, 9.17) is 9.84 Å². The molecule has 0 unspecified atom stereocenters. The molecule has 0 aliphatic heterocycles. The third-order valence-corrected chi connectivity index (χ3v) is 5.93. The molecule has 0 amide bonds. The van der Waals surface area contributed by atoms with Crippen LogP contribution >= 0.6 is 0 Å². The second-order valence-electron chi connectivity index (χ2n) is 8.50. The quantitative estimate of drug-likeness (QED) is 0.343. The Kier molecular flexibility index (Phi) is 7.73. The minimum Gasteiger partial charge on any atom is -0.479 e. The molecule has 6 nitrogen and oxygen atoms in total. The zero-order valence-corrected chi connectivity index (χ0v) is 19.6. The van der Waals surface area contributed by atoms with Crippen LogP contribution in [0.1, 0.15) is 47.2 Å². The summed E-state index contributed by atoms with van der Waals surface area (Å²) in [4.78, 5) is 23.3. The lowest BCUT2D eigenvalue weighted by Gasteiger charge is -2.20. The van der Waals surface area contributed by atoms with Gasteiger partial charge in [-0.15, -0.1) is 0 Å². The van der Waals surface area contributed by atoms with Crippen molar-refractivity contribution in [2.24, 2.45) is 0 Å². The zero-order valence-electron chi connectivity index (χ0n) is 19.6. The lowest BCUT2D eigenvalue weighted by Crippen LogP contribution is -2.22. The van der Waals surface area contributed by atoms with Crippen LogP contribution in [0, 0.1) is 0 Å². The fraction of sp³-hybridized carbons (Fsp3) is 0.207. The first-order valence-electron chi connectivity index (χ1n) is 11.7. The van der Waals surface area contributed by atoms with Crippen LogP contribution in [-0.4, -0.2) is 27.4 Å². The monoisotopic (exact) mass is 468 g/mol.